The van der Waals surface area contributed by atoms with E-state index in [2.05, 4.69) is 5.73 Å². The van der Waals surface area contributed by atoms with Gasteiger partial charge < -0.3 is 0 Å². The summed E-state index contributed by atoms with van der Waals surface area (Å²) in [7, 11) is 0. The van der Waals surface area contributed by atoms with E-state index in [-0.39, 0.29) is 0 Å². The maximum absolute atomic E-state index is 2.86. The second-order valence-electron chi connectivity index (χ2n) is 1.41. The number of hydrogen-bond acceptors (Lipinski definition) is 0. The lowest BCUT2D eigenvalue weighted by atomic mass is 10.6. The van der Waals surface area contributed by atoms with Gasteiger partial charge in [0.15, 0.2) is 0 Å². The predicted molar refractivity (Wildman–Crippen MR) is 44.5 cm³/mol. The molecule has 0 unspecified atom stereocenters. The van der Waals surface area contributed by atoms with Crippen LogP contribution >= 0.6 is 0 Å². The van der Waals surface area contributed by atoms with E-state index < -0.39 is 0 Å². The lowest BCUT2D eigenvalue weighted by Crippen LogP contribution is -1.26. The highest BCUT2D eigenvalue weighted by Gasteiger charge is 1.35. The van der Waals surface area contributed by atoms with Crippen molar-refractivity contribution in [2.24, 2.45) is 0 Å². The van der Waals surface area contributed by atoms with E-state index >= 15 is 0 Å². The Balaban J connectivity index is 0. The minimum atomic E-state index is 1.88. The van der Waals surface area contributed by atoms with Crippen molar-refractivity contribution in [3.63, 3.8) is 0 Å². The first kappa shape index (κ1) is 11.1. The lowest BCUT2D eigenvalue weighted by molar-refractivity contribution is 1.64. The molecule has 0 heteroatoms. The van der Waals surface area contributed by atoms with Crippen LogP contribution in [0.5, 0.6) is 0 Å². The van der Waals surface area contributed by atoms with Crippen LogP contribution in [0.1, 0.15) is 27.7 Å². The Morgan fingerprint density at radius 1 is 0.778 bits per heavy atom. The summed E-state index contributed by atoms with van der Waals surface area (Å²) in [5.74, 6) is 0. The van der Waals surface area contributed by atoms with Gasteiger partial charge in [-0.05, 0) is 39.8 Å². The van der Waals surface area contributed by atoms with E-state index in [4.69, 9.17) is 0 Å². The van der Waals surface area contributed by atoms with Gasteiger partial charge in [0, 0.05) is 0 Å². The molecule has 0 aliphatic rings. The average molecular weight is 124 g/mol. The third-order valence-electron chi connectivity index (χ3n) is 0.667. The van der Waals surface area contributed by atoms with Gasteiger partial charge in [0.05, 0.1) is 0 Å². The van der Waals surface area contributed by atoms with E-state index in [0.717, 1.165) is 0 Å². The van der Waals surface area contributed by atoms with Crippen LogP contribution < -0.4 is 0 Å². The van der Waals surface area contributed by atoms with Gasteiger partial charge in [-0.3, -0.25) is 0 Å². The van der Waals surface area contributed by atoms with Crippen molar-refractivity contribution in [2.45, 2.75) is 27.7 Å². The zero-order valence-corrected chi connectivity index (χ0v) is 6.81. The average Bonchev–Trinajstić information content (AvgIpc) is 1.91. The highest BCUT2D eigenvalue weighted by Crippen LogP contribution is 1.57. The first-order valence-corrected chi connectivity index (χ1v) is 3.22. The Morgan fingerprint density at radius 3 is 1.11 bits per heavy atom. The molecule has 0 aliphatic carbocycles. The molecule has 0 saturated heterocycles. The minimum absolute atomic E-state index is 1.88. The quantitative estimate of drug-likeness (QED) is 0.343. The summed E-state index contributed by atoms with van der Waals surface area (Å²) in [4.78, 5) is 0. The van der Waals surface area contributed by atoms with Gasteiger partial charge in [-0.2, -0.15) is 0 Å². The Kier molecular flexibility index (Phi) is 19.4. The fraction of sp³-hybridized carbons (Fsp3) is 0.444. The summed E-state index contributed by atoms with van der Waals surface area (Å²) < 4.78 is 0. The van der Waals surface area contributed by atoms with Gasteiger partial charge in [0.1, 0.15) is 0 Å². The SMILES string of the molecule is CC=C=CC.CC=CC. The zero-order chi connectivity index (χ0) is 7.54. The van der Waals surface area contributed by atoms with E-state index in [1.807, 2.05) is 52.0 Å². The summed E-state index contributed by atoms with van der Waals surface area (Å²) in [6, 6.07) is 0. The fourth-order valence-electron chi connectivity index (χ4n) is 0.167. The molecule has 0 bridgehead atoms. The van der Waals surface area contributed by atoms with Crippen molar-refractivity contribution in [2.75, 3.05) is 0 Å². The Morgan fingerprint density at radius 2 is 1.11 bits per heavy atom. The molecule has 0 N–H and O–H groups in total. The van der Waals surface area contributed by atoms with Gasteiger partial charge in [0.2, 0.25) is 0 Å². The highest BCUT2D eigenvalue weighted by molar-refractivity contribution is 4.76. The van der Waals surface area contributed by atoms with E-state index in [1.54, 1.807) is 0 Å². The maximum atomic E-state index is 2.86. The van der Waals surface area contributed by atoms with Gasteiger partial charge in [-0.25, -0.2) is 0 Å². The Labute approximate surface area is 58.6 Å². The van der Waals surface area contributed by atoms with Crippen LogP contribution in [-0.2, 0) is 0 Å². The van der Waals surface area contributed by atoms with Crippen LogP contribution in [0.15, 0.2) is 30.0 Å². The first-order chi connectivity index (χ1) is 4.33. The highest BCUT2D eigenvalue weighted by atomic mass is 13.4. The second kappa shape index (κ2) is 15.7. The van der Waals surface area contributed by atoms with E-state index in [9.17, 15) is 0 Å². The molecule has 0 nitrogen and oxygen atoms in total. The van der Waals surface area contributed by atoms with Crippen molar-refractivity contribution in [3.8, 4) is 0 Å². The van der Waals surface area contributed by atoms with Gasteiger partial charge in [-0.1, -0.05) is 12.2 Å². The molecule has 0 spiro atoms. The molecular formula is C9H16. The Hall–Kier alpha value is -0.740. The zero-order valence-electron chi connectivity index (χ0n) is 6.81. The molecule has 0 atom stereocenters. The molecule has 0 amide bonds. The molecule has 0 saturated carbocycles. The normalized spacial score (nSPS) is 7.11. The summed E-state index contributed by atoms with van der Waals surface area (Å²) in [6.45, 7) is 7.89. The molecule has 0 aromatic heterocycles. The molecule has 0 aromatic carbocycles. The minimum Gasteiger partial charge on any atom is -0.130 e. The third-order valence-corrected chi connectivity index (χ3v) is 0.667. The first-order valence-electron chi connectivity index (χ1n) is 3.22. The maximum Gasteiger partial charge on any atom is -0.0393 e. The molecule has 0 rings (SSSR count). The van der Waals surface area contributed by atoms with Crippen LogP contribution in [0.3, 0.4) is 0 Å². The van der Waals surface area contributed by atoms with Gasteiger partial charge >= 0.3 is 0 Å². The standard InChI is InChI=1S/C5H8.C4H8/c1-3-5-4-2;1-3-4-2/h3-4H,1-2H3;3-4H,1-2H3. The van der Waals surface area contributed by atoms with Crippen molar-refractivity contribution in [1.82, 2.24) is 0 Å². The monoisotopic (exact) mass is 124 g/mol. The molecule has 9 heavy (non-hydrogen) atoms. The predicted octanol–water partition coefficient (Wildman–Crippen LogP) is 3.32. The van der Waals surface area contributed by atoms with Crippen molar-refractivity contribution >= 4 is 0 Å². The third kappa shape index (κ3) is 39.3. The lowest BCUT2D eigenvalue weighted by Gasteiger charge is -1.49. The molecule has 0 aromatic rings. The summed E-state index contributed by atoms with van der Waals surface area (Å²) in [5.41, 5.74) is 2.86. The Bertz CT molecular complexity index is 91.2. The number of rotatable bonds is 0. The second-order valence-corrected chi connectivity index (χ2v) is 1.41. The summed E-state index contributed by atoms with van der Waals surface area (Å²) in [5, 5.41) is 0. The molecule has 0 aliphatic heterocycles. The van der Waals surface area contributed by atoms with Crippen LogP contribution in [0.4, 0.5) is 0 Å². The van der Waals surface area contributed by atoms with Gasteiger partial charge in [-0.15, -0.1) is 5.73 Å². The molecule has 0 heterocycles. The molecular weight excluding hydrogens is 108 g/mol. The number of hydrogen-bond donors (Lipinski definition) is 0. The summed E-state index contributed by atoms with van der Waals surface area (Å²) in [6.07, 6.45) is 7.75. The van der Waals surface area contributed by atoms with Crippen LogP contribution in [-0.4, -0.2) is 0 Å². The largest absolute Gasteiger partial charge is 0.130 e. The smallest absolute Gasteiger partial charge is 0.0393 e. The van der Waals surface area contributed by atoms with Crippen molar-refractivity contribution in [3.05, 3.63) is 30.0 Å². The van der Waals surface area contributed by atoms with E-state index in [0.29, 0.717) is 0 Å². The van der Waals surface area contributed by atoms with Crippen LogP contribution in [0.25, 0.3) is 0 Å². The molecule has 52 valence electrons. The number of allylic oxidation sites excluding steroid dienone is 3. The van der Waals surface area contributed by atoms with Gasteiger partial charge in [0.25, 0.3) is 0 Å². The van der Waals surface area contributed by atoms with Crippen LogP contribution in [0.2, 0.25) is 0 Å². The topological polar surface area (TPSA) is 0 Å². The molecule has 0 fully saturated rings. The summed E-state index contributed by atoms with van der Waals surface area (Å²) >= 11 is 0. The van der Waals surface area contributed by atoms with Crippen LogP contribution in [0, 0.1) is 0 Å². The van der Waals surface area contributed by atoms with Crippen molar-refractivity contribution < 1.29 is 0 Å². The van der Waals surface area contributed by atoms with E-state index in [1.165, 1.54) is 0 Å². The molecule has 0 radical (unpaired) electrons. The fourth-order valence-corrected chi connectivity index (χ4v) is 0.167. The van der Waals surface area contributed by atoms with Crippen molar-refractivity contribution in [1.29, 1.82) is 0 Å².